The number of ketones is 5. The molecule has 5 amide bonds. The van der Waals surface area contributed by atoms with Gasteiger partial charge < -0.3 is 47.9 Å². The SMILES string of the molecule is CCC(=O)NCCCC(=O)Cc1cnc2ccccc2c1.Nc1ccccc1CC(=O)c1ccc(CNC(=O)OCc2cccnc2)cc1.Nc1ccccc1CC(=O)c1ccc(CNc2nccc(-c3cccnc3)n2)cc1.O=C(CCCCCCC(=O)NO)Cc1ccccc1.O=C(CO)c1ccc(CNC(=O)c2ccc3ccccc3c2)cc1.O=C(NO)c1ccc(-c2ccc(CNCc3ccccc3)cn2)s1. The number of amides is 5. The number of fused-ring (bicyclic) bond motifs is 2. The van der Waals surface area contributed by atoms with Crippen LogP contribution in [0.15, 0.2) is 353 Å². The van der Waals surface area contributed by atoms with Gasteiger partial charge in [0.25, 0.3) is 11.8 Å². The van der Waals surface area contributed by atoms with Crippen molar-refractivity contribution >= 4 is 109 Å². The number of thiophene rings is 1. The molecule has 29 nitrogen and oxygen atoms in total. The lowest BCUT2D eigenvalue weighted by atomic mass is 10.0. The highest BCUT2D eigenvalue weighted by atomic mass is 32.1. The molecule has 0 aliphatic rings. The van der Waals surface area contributed by atoms with Gasteiger partial charge in [0, 0.05) is 184 Å². The molecule has 6 heterocycles. The van der Waals surface area contributed by atoms with E-state index in [9.17, 15) is 47.9 Å². The number of anilines is 3. The summed E-state index contributed by atoms with van der Waals surface area (Å²) in [4.78, 5) is 144. The molecule has 6 aromatic heterocycles. The lowest BCUT2D eigenvalue weighted by molar-refractivity contribution is -0.129. The Morgan fingerprint density at radius 3 is 1.51 bits per heavy atom. The zero-order valence-electron chi connectivity index (χ0n) is 80.9. The van der Waals surface area contributed by atoms with Crippen LogP contribution in [0.1, 0.15) is 171 Å². The van der Waals surface area contributed by atoms with Gasteiger partial charge in [0.2, 0.25) is 17.8 Å². The fourth-order valence-electron chi connectivity index (χ4n) is 14.6. The molecule has 10 aromatic carbocycles. The number of unbranched alkanes of at least 4 members (excludes halogenated alkanes) is 3. The van der Waals surface area contributed by atoms with Crippen molar-refractivity contribution in [2.24, 2.45) is 0 Å². The molecule has 0 aliphatic heterocycles. The molecule has 0 spiro atoms. The summed E-state index contributed by atoms with van der Waals surface area (Å²) in [5, 5.41) is 43.9. The maximum atomic E-state index is 12.5. The van der Waals surface area contributed by atoms with Crippen molar-refractivity contribution in [3.8, 4) is 21.8 Å². The van der Waals surface area contributed by atoms with Crippen LogP contribution in [-0.2, 0) is 88.9 Å². The number of rotatable bonds is 41. The van der Waals surface area contributed by atoms with E-state index in [0.29, 0.717) is 122 Å². The highest BCUT2D eigenvalue weighted by Gasteiger charge is 2.17. The van der Waals surface area contributed by atoms with Crippen LogP contribution in [-0.4, -0.2) is 117 Å². The first kappa shape index (κ1) is 109. The Kier molecular flexibility index (Phi) is 45.0. The zero-order chi connectivity index (χ0) is 103. The Hall–Kier alpha value is -17.2. The second kappa shape index (κ2) is 60.2. The number of Topliss-reactive ketones (excluding diaryl/α,β-unsaturated/α-hetero) is 5. The van der Waals surface area contributed by atoms with Crippen LogP contribution in [0.25, 0.3) is 43.5 Å². The lowest BCUT2D eigenvalue weighted by Gasteiger charge is -2.08. The molecule has 0 radical (unpaired) electrons. The second-order valence-electron chi connectivity index (χ2n) is 33.6. The lowest BCUT2D eigenvalue weighted by Crippen LogP contribution is -2.23. The number of benzene rings is 10. The molecular weight excluding hydrogens is 1860 g/mol. The monoisotopic (exact) mass is 1980 g/mol. The smallest absolute Gasteiger partial charge is 0.407 e. The van der Waals surface area contributed by atoms with Crippen molar-refractivity contribution in [1.29, 1.82) is 0 Å². The van der Waals surface area contributed by atoms with Gasteiger partial charge in [-0.3, -0.25) is 73.5 Å². The molecule has 0 saturated heterocycles. The van der Waals surface area contributed by atoms with Gasteiger partial charge in [-0.15, -0.1) is 11.3 Å². The molecular formula is C116H117N15O14S. The van der Waals surface area contributed by atoms with E-state index >= 15 is 0 Å². The Labute approximate surface area is 851 Å². The molecule has 0 saturated carbocycles. The van der Waals surface area contributed by atoms with Crippen molar-refractivity contribution in [2.45, 2.75) is 130 Å². The minimum absolute atomic E-state index is 0.00621. The van der Waals surface area contributed by atoms with E-state index in [4.69, 9.17) is 31.7 Å². The topological polar surface area (TPSA) is 454 Å². The summed E-state index contributed by atoms with van der Waals surface area (Å²) < 4.78 is 5.13. The number of nitrogens with zero attached hydrogens (tertiary/aromatic N) is 6. The summed E-state index contributed by atoms with van der Waals surface area (Å²) >= 11 is 1.29. The zero-order valence-corrected chi connectivity index (χ0v) is 81.7. The van der Waals surface area contributed by atoms with Gasteiger partial charge in [0.15, 0.2) is 17.3 Å². The van der Waals surface area contributed by atoms with Gasteiger partial charge in [-0.05, 0) is 159 Å². The maximum Gasteiger partial charge on any atom is 0.407 e. The number of aromatic nitrogens is 6. The fourth-order valence-corrected chi connectivity index (χ4v) is 15.5. The van der Waals surface area contributed by atoms with Crippen molar-refractivity contribution in [3.05, 3.63) is 436 Å². The number of hydrogen-bond acceptors (Lipinski definition) is 25. The van der Waals surface area contributed by atoms with Gasteiger partial charge in [-0.1, -0.05) is 250 Å². The van der Waals surface area contributed by atoms with E-state index in [-0.39, 0.29) is 59.7 Å². The minimum atomic E-state index is -0.511. The molecule has 746 valence electrons. The summed E-state index contributed by atoms with van der Waals surface area (Å²) in [6.07, 6.45) is 19.1. The van der Waals surface area contributed by atoms with Crippen molar-refractivity contribution in [3.63, 3.8) is 0 Å². The number of nitrogen functional groups attached to an aromatic ring is 2. The third-order valence-corrected chi connectivity index (χ3v) is 23.8. The Balaban J connectivity index is 0.000000168. The van der Waals surface area contributed by atoms with E-state index in [1.165, 1.54) is 16.9 Å². The van der Waals surface area contributed by atoms with Gasteiger partial charge in [-0.2, -0.15) is 0 Å². The molecule has 0 unspecified atom stereocenters. The van der Waals surface area contributed by atoms with Gasteiger partial charge in [-0.25, -0.2) is 25.7 Å². The number of carbonyl (C=O) groups is 10. The average molecular weight is 1980 g/mol. The Morgan fingerprint density at radius 2 is 0.911 bits per heavy atom. The number of pyridine rings is 4. The van der Waals surface area contributed by atoms with E-state index in [2.05, 4.69) is 68.6 Å². The summed E-state index contributed by atoms with van der Waals surface area (Å²) in [5.41, 5.74) is 31.8. The third-order valence-electron chi connectivity index (χ3n) is 22.7. The molecule has 0 fully saturated rings. The van der Waals surface area contributed by atoms with Crippen LogP contribution in [0.5, 0.6) is 0 Å². The van der Waals surface area contributed by atoms with Crippen LogP contribution in [0.3, 0.4) is 0 Å². The number of hydroxylamine groups is 2. The van der Waals surface area contributed by atoms with Crippen LogP contribution < -0.4 is 49.0 Å². The van der Waals surface area contributed by atoms with Crippen molar-refractivity contribution < 1.29 is 68.2 Å². The minimum Gasteiger partial charge on any atom is -0.445 e. The number of hydrogen-bond donors (Lipinski definition) is 12. The normalized spacial score (nSPS) is 10.4. The summed E-state index contributed by atoms with van der Waals surface area (Å²) in [5.74, 6) is -0.270. The number of alkyl carbamates (subject to hydrolysis) is 1. The average Bonchev–Trinajstić information content (AvgIpc) is 1.34. The number of nitrogens with two attached hydrogens (primary N) is 2. The highest BCUT2D eigenvalue weighted by molar-refractivity contribution is 7.17. The molecule has 0 aliphatic carbocycles. The van der Waals surface area contributed by atoms with Gasteiger partial charge in [0.05, 0.1) is 26.7 Å². The van der Waals surface area contributed by atoms with E-state index in [0.717, 1.165) is 132 Å². The maximum absolute atomic E-state index is 12.5. The highest BCUT2D eigenvalue weighted by Crippen LogP contribution is 2.28. The number of carbonyl (C=O) groups excluding carboxylic acids is 10. The first-order valence-corrected chi connectivity index (χ1v) is 48.5. The Bertz CT molecular complexity index is 6900. The molecule has 146 heavy (non-hydrogen) atoms. The largest absolute Gasteiger partial charge is 0.445 e. The van der Waals surface area contributed by atoms with Crippen LogP contribution in [0.4, 0.5) is 22.1 Å². The number of aliphatic hydroxyl groups excluding tert-OH is 1. The van der Waals surface area contributed by atoms with Crippen molar-refractivity contribution in [2.75, 3.05) is 29.9 Å². The summed E-state index contributed by atoms with van der Waals surface area (Å²) in [6.45, 7) is 4.83. The van der Waals surface area contributed by atoms with Crippen LogP contribution in [0.2, 0.25) is 0 Å². The molecule has 16 aromatic rings. The number of ether oxygens (including phenoxy) is 1. The molecule has 14 N–H and O–H groups in total. The molecule has 0 bridgehead atoms. The summed E-state index contributed by atoms with van der Waals surface area (Å²) in [6, 6.07) is 96.4. The second-order valence-corrected chi connectivity index (χ2v) is 34.7. The standard InChI is InChI=1S/C24H21N5O.C22H21N3O3.C20H17NO3.C18H17N3O2S.C17H20N2O2.C15H21NO3/c25-21-6-2-1-4-19(21)14-23(30)18-9-7-17(8-10-18)15-28-24-27-13-11-22(29-24)20-5-3-12-26-16-20;23-20-6-2-1-5-19(20)12-21(26)18-9-7-16(8-10-18)14-25-22(27)28-15-17-4-3-11-24-13-17;22-13-19(23)16-7-5-14(6-8-16)12-21-20(24)18-10-9-15-3-1-2-4-17(15)11-18;22-18(21-23)17-9-8-16(24-17)15-7-6-14(12-20-15)11-19-10-13-4-2-1-3-5-13;1-2-17(21)18-9-5-7-15(20)11-13-10-14-6-3-4-8-16(14)19-12-13;17-14(12-13-8-4-3-5-9-13)10-6-1-2-7-11-15(18)16-19/h1-13,16H,14-15,25H2,(H,27,28,29);1-11,13H,12,14-15,23H2,(H,25,27);1-11,22H,12-13H2,(H,21,24);1-9,12,19,23H,10-11H2,(H,21,22);3-4,6,8,10,12H,2,5,7,9,11H2,1H3,(H,18,21);3-5,8-9,19H,1-2,6-7,10-12H2,(H,16,18). The number of para-hydroxylation sites is 3. The predicted octanol–water partition coefficient (Wildman–Crippen LogP) is 19.1. The van der Waals surface area contributed by atoms with Gasteiger partial charge >= 0.3 is 6.09 Å². The van der Waals surface area contributed by atoms with Crippen LogP contribution in [0, 0.1) is 0 Å². The number of nitrogens with one attached hydrogen (secondary N) is 7. The molecule has 16 rings (SSSR count). The van der Waals surface area contributed by atoms with E-state index in [1.807, 2.05) is 250 Å². The van der Waals surface area contributed by atoms with Gasteiger partial charge in [0.1, 0.15) is 24.8 Å². The van der Waals surface area contributed by atoms with E-state index in [1.54, 1.807) is 109 Å². The van der Waals surface area contributed by atoms with Crippen LogP contribution >= 0.6 is 11.3 Å². The summed E-state index contributed by atoms with van der Waals surface area (Å²) in [7, 11) is 0. The molecule has 0 atom stereocenters. The first-order valence-electron chi connectivity index (χ1n) is 47.7. The molecule has 30 heteroatoms. The van der Waals surface area contributed by atoms with E-state index < -0.39 is 18.6 Å². The fraction of sp³-hybridized carbons (Fsp3) is 0.190. The third kappa shape index (κ3) is 38.0. The first-order chi connectivity index (χ1) is 71.1. The Morgan fingerprint density at radius 1 is 0.377 bits per heavy atom. The van der Waals surface area contributed by atoms with Crippen molar-refractivity contribution in [1.82, 2.24) is 62.1 Å². The predicted molar refractivity (Wildman–Crippen MR) is 567 cm³/mol. The number of aliphatic hydroxyl groups is 1. The quantitative estimate of drug-likeness (QED) is 0.00557.